The Bertz CT molecular complexity index is 511. The van der Waals surface area contributed by atoms with Gasteiger partial charge in [0.1, 0.15) is 0 Å². The Morgan fingerprint density at radius 3 is 2.53 bits per heavy atom. The molecule has 0 spiro atoms. The van der Waals surface area contributed by atoms with Crippen LogP contribution in [0.5, 0.6) is 5.75 Å². The molecule has 5 nitrogen and oxygen atoms in total. The second-order valence-electron chi connectivity index (χ2n) is 3.84. The lowest BCUT2D eigenvalue weighted by molar-refractivity contribution is 0.385. The van der Waals surface area contributed by atoms with Crippen LogP contribution in [0.2, 0.25) is 0 Å². The maximum absolute atomic E-state index is 13.4. The molecule has 2 N–H and O–H groups in total. The van der Waals surface area contributed by atoms with E-state index in [4.69, 9.17) is 4.74 Å². The molecule has 0 aliphatic carbocycles. The second kappa shape index (κ2) is 7.64. The molecule has 0 aliphatic rings. The van der Waals surface area contributed by atoms with Crippen molar-refractivity contribution in [2.75, 3.05) is 20.7 Å². The molecular formula is C11H18ClFN2O3S. The Morgan fingerprint density at radius 1 is 1.42 bits per heavy atom. The zero-order valence-electron chi connectivity index (χ0n) is 10.9. The summed E-state index contributed by atoms with van der Waals surface area (Å²) in [5.74, 6) is -0.695. The Morgan fingerprint density at radius 2 is 2.05 bits per heavy atom. The SMILES string of the molecule is CNC(C)CNS(=O)(=O)c1ccc(OC)c(F)c1.Cl. The maximum Gasteiger partial charge on any atom is 0.240 e. The van der Waals surface area contributed by atoms with Crippen molar-refractivity contribution in [3.05, 3.63) is 24.0 Å². The van der Waals surface area contributed by atoms with Crippen LogP contribution in [-0.2, 0) is 10.0 Å². The lowest BCUT2D eigenvalue weighted by Crippen LogP contribution is -2.37. The lowest BCUT2D eigenvalue weighted by atomic mass is 10.3. The fourth-order valence-electron chi connectivity index (χ4n) is 1.23. The number of benzene rings is 1. The third-order valence-corrected chi connectivity index (χ3v) is 3.93. The van der Waals surface area contributed by atoms with Gasteiger partial charge >= 0.3 is 0 Å². The van der Waals surface area contributed by atoms with Crippen molar-refractivity contribution in [2.45, 2.75) is 17.9 Å². The summed E-state index contributed by atoms with van der Waals surface area (Å²) in [6.07, 6.45) is 0. The number of hydrogen-bond acceptors (Lipinski definition) is 4. The number of methoxy groups -OCH3 is 1. The van der Waals surface area contributed by atoms with Crippen LogP contribution in [0.3, 0.4) is 0 Å². The van der Waals surface area contributed by atoms with Crippen molar-refractivity contribution in [3.63, 3.8) is 0 Å². The summed E-state index contributed by atoms with van der Waals surface area (Å²) in [4.78, 5) is -0.121. The highest BCUT2D eigenvalue weighted by molar-refractivity contribution is 7.89. The predicted molar refractivity (Wildman–Crippen MR) is 73.9 cm³/mol. The highest BCUT2D eigenvalue weighted by Crippen LogP contribution is 2.20. The molecule has 1 rings (SSSR count). The standard InChI is InChI=1S/C11H17FN2O3S.ClH/c1-8(13-2)7-14-18(15,16)9-4-5-11(17-3)10(12)6-9;/h4-6,8,13-14H,7H2,1-3H3;1H. The van der Waals surface area contributed by atoms with E-state index in [-0.39, 0.29) is 35.6 Å². The van der Waals surface area contributed by atoms with E-state index >= 15 is 0 Å². The van der Waals surface area contributed by atoms with E-state index in [1.807, 2.05) is 6.92 Å². The minimum absolute atomic E-state index is 0. The van der Waals surface area contributed by atoms with Gasteiger partial charge in [-0.2, -0.15) is 0 Å². The van der Waals surface area contributed by atoms with Crippen LogP contribution in [0.1, 0.15) is 6.92 Å². The van der Waals surface area contributed by atoms with Crippen LogP contribution in [0.25, 0.3) is 0 Å². The quantitative estimate of drug-likeness (QED) is 0.827. The zero-order chi connectivity index (χ0) is 13.8. The van der Waals surface area contributed by atoms with E-state index in [9.17, 15) is 12.8 Å². The van der Waals surface area contributed by atoms with Crippen LogP contribution in [0, 0.1) is 5.82 Å². The molecule has 0 saturated carbocycles. The first-order valence-corrected chi connectivity index (χ1v) is 6.89. The van der Waals surface area contributed by atoms with E-state index in [1.54, 1.807) is 7.05 Å². The molecule has 0 aromatic heterocycles. The number of likely N-dealkylation sites (N-methyl/N-ethyl adjacent to an activating group) is 1. The molecule has 0 amide bonds. The summed E-state index contributed by atoms with van der Waals surface area (Å²) in [5, 5.41) is 2.90. The molecule has 110 valence electrons. The zero-order valence-corrected chi connectivity index (χ0v) is 12.6. The van der Waals surface area contributed by atoms with Gasteiger partial charge in [-0.25, -0.2) is 17.5 Å². The van der Waals surface area contributed by atoms with Crippen molar-refractivity contribution in [2.24, 2.45) is 0 Å². The molecule has 0 fully saturated rings. The molecule has 1 aromatic carbocycles. The van der Waals surface area contributed by atoms with Crippen molar-refractivity contribution >= 4 is 22.4 Å². The average Bonchev–Trinajstić information content (AvgIpc) is 2.35. The number of sulfonamides is 1. The molecule has 8 heteroatoms. The summed E-state index contributed by atoms with van der Waals surface area (Å²) in [6, 6.07) is 3.51. The minimum atomic E-state index is -3.70. The van der Waals surface area contributed by atoms with Gasteiger partial charge < -0.3 is 10.1 Å². The first-order valence-electron chi connectivity index (χ1n) is 5.41. The normalized spacial score (nSPS) is 12.6. The summed E-state index contributed by atoms with van der Waals surface area (Å²) >= 11 is 0. The first kappa shape index (κ1) is 18.1. The highest BCUT2D eigenvalue weighted by Gasteiger charge is 2.17. The summed E-state index contributed by atoms with van der Waals surface area (Å²) in [5.41, 5.74) is 0. The second-order valence-corrected chi connectivity index (χ2v) is 5.60. The maximum atomic E-state index is 13.4. The average molecular weight is 313 g/mol. The van der Waals surface area contributed by atoms with Crippen molar-refractivity contribution in [3.8, 4) is 5.75 Å². The summed E-state index contributed by atoms with van der Waals surface area (Å²) < 4.78 is 44.3. The van der Waals surface area contributed by atoms with Gasteiger partial charge in [0.2, 0.25) is 10.0 Å². The van der Waals surface area contributed by atoms with E-state index in [2.05, 4.69) is 10.0 Å². The van der Waals surface area contributed by atoms with Gasteiger partial charge in [-0.1, -0.05) is 0 Å². The molecule has 0 aliphatic heterocycles. The van der Waals surface area contributed by atoms with Crippen molar-refractivity contribution in [1.82, 2.24) is 10.0 Å². The number of ether oxygens (including phenoxy) is 1. The number of rotatable bonds is 6. The van der Waals surface area contributed by atoms with E-state index in [0.29, 0.717) is 0 Å². The van der Waals surface area contributed by atoms with Crippen LogP contribution in [0.15, 0.2) is 23.1 Å². The Hall–Kier alpha value is -0.890. The van der Waals surface area contributed by atoms with Crippen LogP contribution in [-0.4, -0.2) is 35.2 Å². The highest BCUT2D eigenvalue weighted by atomic mass is 35.5. The molecule has 1 atom stereocenters. The molecule has 1 aromatic rings. The minimum Gasteiger partial charge on any atom is -0.494 e. The lowest BCUT2D eigenvalue weighted by Gasteiger charge is -2.12. The van der Waals surface area contributed by atoms with Crippen molar-refractivity contribution in [1.29, 1.82) is 0 Å². The topological polar surface area (TPSA) is 67.4 Å². The third-order valence-electron chi connectivity index (χ3n) is 2.51. The van der Waals surface area contributed by atoms with Gasteiger partial charge in [0.25, 0.3) is 0 Å². The fraction of sp³-hybridized carbons (Fsp3) is 0.455. The monoisotopic (exact) mass is 312 g/mol. The molecule has 19 heavy (non-hydrogen) atoms. The van der Waals surface area contributed by atoms with Gasteiger partial charge in [0.05, 0.1) is 12.0 Å². The summed E-state index contributed by atoms with van der Waals surface area (Å²) in [6.45, 7) is 2.06. The Labute approximate surface area is 119 Å². The number of hydrogen-bond donors (Lipinski definition) is 2. The van der Waals surface area contributed by atoms with Crippen LogP contribution < -0.4 is 14.8 Å². The van der Waals surface area contributed by atoms with Crippen LogP contribution >= 0.6 is 12.4 Å². The fourth-order valence-corrected chi connectivity index (χ4v) is 2.38. The Kier molecular flexibility index (Phi) is 7.28. The largest absolute Gasteiger partial charge is 0.494 e. The third kappa shape index (κ3) is 4.94. The van der Waals surface area contributed by atoms with Gasteiger partial charge in [-0.05, 0) is 32.2 Å². The van der Waals surface area contributed by atoms with Crippen molar-refractivity contribution < 1.29 is 17.5 Å². The molecule has 0 heterocycles. The first-order chi connectivity index (χ1) is 8.40. The molecule has 0 bridgehead atoms. The smallest absolute Gasteiger partial charge is 0.240 e. The molecule has 1 unspecified atom stereocenters. The predicted octanol–water partition coefficient (Wildman–Crippen LogP) is 1.14. The van der Waals surface area contributed by atoms with Gasteiger partial charge in [0.15, 0.2) is 11.6 Å². The van der Waals surface area contributed by atoms with E-state index in [0.717, 1.165) is 6.07 Å². The number of nitrogens with one attached hydrogen (secondary N) is 2. The van der Waals surface area contributed by atoms with E-state index < -0.39 is 15.8 Å². The molecule has 0 saturated heterocycles. The van der Waals surface area contributed by atoms with Gasteiger partial charge in [0, 0.05) is 12.6 Å². The Balaban J connectivity index is 0.00000324. The summed E-state index contributed by atoms with van der Waals surface area (Å²) in [7, 11) is -0.651. The number of halogens is 2. The van der Waals surface area contributed by atoms with Gasteiger partial charge in [-0.15, -0.1) is 12.4 Å². The molecule has 0 radical (unpaired) electrons. The van der Waals surface area contributed by atoms with Crippen LogP contribution in [0.4, 0.5) is 4.39 Å². The van der Waals surface area contributed by atoms with Gasteiger partial charge in [-0.3, -0.25) is 0 Å². The van der Waals surface area contributed by atoms with E-state index in [1.165, 1.54) is 19.2 Å². The molecular weight excluding hydrogens is 295 g/mol.